The van der Waals surface area contributed by atoms with Crippen molar-refractivity contribution in [1.82, 2.24) is 14.8 Å². The normalized spacial score (nSPS) is 13.2. The fourth-order valence-corrected chi connectivity index (χ4v) is 2.87. The molecule has 0 radical (unpaired) electrons. The van der Waals surface area contributed by atoms with Crippen molar-refractivity contribution in [1.29, 1.82) is 0 Å². The van der Waals surface area contributed by atoms with Crippen molar-refractivity contribution in [3.63, 3.8) is 0 Å². The second-order valence-corrected chi connectivity index (χ2v) is 5.95. The lowest BCUT2D eigenvalue weighted by molar-refractivity contribution is 0.219. The zero-order valence-corrected chi connectivity index (χ0v) is 13.0. The van der Waals surface area contributed by atoms with E-state index in [1.54, 1.807) is 11.7 Å². The second-order valence-electron chi connectivity index (χ2n) is 5.59. The van der Waals surface area contributed by atoms with Gasteiger partial charge in [-0.25, -0.2) is 0 Å². The number of hydrogen-bond acceptors (Lipinski definition) is 2. The third-order valence-corrected chi connectivity index (χ3v) is 4.20. The summed E-state index contributed by atoms with van der Waals surface area (Å²) in [6.45, 7) is 4.09. The lowest BCUT2D eigenvalue weighted by atomic mass is 9.97. The van der Waals surface area contributed by atoms with Crippen LogP contribution < -0.4 is 0 Å². The summed E-state index contributed by atoms with van der Waals surface area (Å²) in [6.07, 6.45) is 1.11. The average Bonchev–Trinajstić information content (AvgIpc) is 3.03. The first kappa shape index (κ1) is 14.2. The number of halogens is 1. The Morgan fingerprint density at radius 1 is 1.29 bits per heavy atom. The molecule has 0 saturated carbocycles. The van der Waals surface area contributed by atoms with Crippen molar-refractivity contribution < 1.29 is 5.11 Å². The third-order valence-electron chi connectivity index (χ3n) is 3.75. The van der Waals surface area contributed by atoms with Crippen molar-refractivity contribution in [2.24, 2.45) is 7.05 Å². The predicted molar refractivity (Wildman–Crippen MR) is 84.7 cm³/mol. The van der Waals surface area contributed by atoms with Crippen LogP contribution in [0, 0.1) is 0 Å². The maximum Gasteiger partial charge on any atom is 0.133 e. The number of aromatic nitrogens is 3. The van der Waals surface area contributed by atoms with Crippen LogP contribution in [0.15, 0.2) is 30.5 Å². The van der Waals surface area contributed by atoms with E-state index in [9.17, 15) is 5.11 Å². The second kappa shape index (κ2) is 5.20. The average molecular weight is 304 g/mol. The molecule has 0 amide bonds. The molecule has 1 unspecified atom stereocenters. The number of fused-ring (bicyclic) bond motifs is 1. The van der Waals surface area contributed by atoms with Gasteiger partial charge in [-0.2, -0.15) is 5.10 Å². The van der Waals surface area contributed by atoms with Crippen LogP contribution in [0.4, 0.5) is 0 Å². The number of aromatic amines is 1. The number of nitrogens with zero attached hydrogens (tertiary/aromatic N) is 2. The Kier molecular flexibility index (Phi) is 3.51. The van der Waals surface area contributed by atoms with E-state index >= 15 is 0 Å². The molecule has 2 heterocycles. The highest BCUT2D eigenvalue weighted by molar-refractivity contribution is 6.30. The molecule has 0 saturated heterocycles. The fraction of sp³-hybridized carbons (Fsp3) is 0.312. The minimum Gasteiger partial charge on any atom is -0.383 e. The van der Waals surface area contributed by atoms with Crippen LogP contribution in [0.2, 0.25) is 5.15 Å². The molecule has 110 valence electrons. The van der Waals surface area contributed by atoms with Gasteiger partial charge in [-0.3, -0.25) is 4.68 Å². The smallest absolute Gasteiger partial charge is 0.133 e. The minimum atomic E-state index is -0.775. The number of aliphatic hydroxyl groups is 1. The summed E-state index contributed by atoms with van der Waals surface area (Å²) >= 11 is 6.33. The molecule has 1 atom stereocenters. The van der Waals surface area contributed by atoms with Crippen molar-refractivity contribution >= 4 is 22.5 Å². The van der Waals surface area contributed by atoms with Crippen molar-refractivity contribution in [3.8, 4) is 0 Å². The largest absolute Gasteiger partial charge is 0.383 e. The van der Waals surface area contributed by atoms with Gasteiger partial charge in [0.15, 0.2) is 0 Å². The van der Waals surface area contributed by atoms with Gasteiger partial charge in [0.25, 0.3) is 0 Å². The van der Waals surface area contributed by atoms with Gasteiger partial charge in [-0.15, -0.1) is 0 Å². The Balaban J connectivity index is 2.10. The topological polar surface area (TPSA) is 53.8 Å². The summed E-state index contributed by atoms with van der Waals surface area (Å²) in [5, 5.41) is 16.7. The van der Waals surface area contributed by atoms with E-state index in [0.29, 0.717) is 10.7 Å². The number of aryl methyl sites for hydroxylation is 1. The van der Waals surface area contributed by atoms with Crippen LogP contribution in [0.25, 0.3) is 10.9 Å². The molecular formula is C16H18ClN3O. The van der Waals surface area contributed by atoms with E-state index in [-0.39, 0.29) is 5.92 Å². The van der Waals surface area contributed by atoms with E-state index in [1.807, 2.05) is 44.3 Å². The van der Waals surface area contributed by atoms with E-state index in [1.165, 1.54) is 0 Å². The molecule has 3 aromatic rings. The van der Waals surface area contributed by atoms with Gasteiger partial charge in [0, 0.05) is 24.3 Å². The minimum absolute atomic E-state index is 0.198. The number of H-pyrrole nitrogens is 1. The Hall–Kier alpha value is -1.78. The van der Waals surface area contributed by atoms with Gasteiger partial charge in [0.05, 0.1) is 5.69 Å². The number of nitrogens with one attached hydrogen (secondary N) is 1. The first-order valence-corrected chi connectivity index (χ1v) is 7.34. The lowest BCUT2D eigenvalue weighted by Gasteiger charge is -2.14. The molecule has 4 nitrogen and oxygen atoms in total. The summed E-state index contributed by atoms with van der Waals surface area (Å²) in [5.41, 5.74) is 3.40. The zero-order chi connectivity index (χ0) is 15.1. The summed E-state index contributed by atoms with van der Waals surface area (Å²) in [5.74, 6) is 0.198. The quantitative estimate of drug-likeness (QED) is 0.774. The SMILES string of the molecule is CC(C)c1nn(C)c(Cl)c1C(O)c1ccc2[nH]ccc2c1. The molecule has 2 aromatic heterocycles. The lowest BCUT2D eigenvalue weighted by Crippen LogP contribution is -2.04. The summed E-state index contributed by atoms with van der Waals surface area (Å²) < 4.78 is 1.62. The molecule has 5 heteroatoms. The van der Waals surface area contributed by atoms with Crippen LogP contribution in [-0.2, 0) is 7.05 Å². The molecule has 1 aromatic carbocycles. The Morgan fingerprint density at radius 3 is 2.76 bits per heavy atom. The first-order valence-electron chi connectivity index (χ1n) is 6.96. The van der Waals surface area contributed by atoms with E-state index in [4.69, 9.17) is 11.6 Å². The van der Waals surface area contributed by atoms with E-state index in [2.05, 4.69) is 10.1 Å². The number of aliphatic hydroxyl groups excluding tert-OH is 1. The monoisotopic (exact) mass is 303 g/mol. The highest BCUT2D eigenvalue weighted by Gasteiger charge is 2.24. The van der Waals surface area contributed by atoms with Gasteiger partial charge in [0.2, 0.25) is 0 Å². The van der Waals surface area contributed by atoms with Gasteiger partial charge in [-0.05, 0) is 35.1 Å². The van der Waals surface area contributed by atoms with Crippen LogP contribution >= 0.6 is 11.6 Å². The van der Waals surface area contributed by atoms with E-state index in [0.717, 1.165) is 22.2 Å². The Bertz CT molecular complexity index is 788. The summed E-state index contributed by atoms with van der Waals surface area (Å²) in [6, 6.07) is 7.84. The maximum absolute atomic E-state index is 10.8. The number of benzene rings is 1. The molecule has 21 heavy (non-hydrogen) atoms. The number of hydrogen-bond donors (Lipinski definition) is 2. The van der Waals surface area contributed by atoms with Crippen molar-refractivity contribution in [2.45, 2.75) is 25.9 Å². The highest BCUT2D eigenvalue weighted by Crippen LogP contribution is 2.35. The predicted octanol–water partition coefficient (Wildman–Crippen LogP) is 3.76. The Morgan fingerprint density at radius 2 is 2.05 bits per heavy atom. The highest BCUT2D eigenvalue weighted by atomic mass is 35.5. The van der Waals surface area contributed by atoms with Crippen LogP contribution in [0.5, 0.6) is 0 Å². The van der Waals surface area contributed by atoms with Crippen LogP contribution in [0.1, 0.15) is 42.7 Å². The van der Waals surface area contributed by atoms with Gasteiger partial charge in [-0.1, -0.05) is 31.5 Å². The third kappa shape index (κ3) is 2.34. The van der Waals surface area contributed by atoms with Gasteiger partial charge < -0.3 is 10.1 Å². The molecule has 3 rings (SSSR count). The molecule has 0 aliphatic carbocycles. The number of rotatable bonds is 3. The molecule has 0 aliphatic heterocycles. The summed E-state index contributed by atoms with van der Waals surface area (Å²) in [7, 11) is 1.79. The van der Waals surface area contributed by atoms with Gasteiger partial charge in [0.1, 0.15) is 11.3 Å². The summed E-state index contributed by atoms with van der Waals surface area (Å²) in [4.78, 5) is 3.15. The molecular weight excluding hydrogens is 286 g/mol. The van der Waals surface area contributed by atoms with Crippen molar-refractivity contribution in [3.05, 3.63) is 52.4 Å². The maximum atomic E-state index is 10.8. The van der Waals surface area contributed by atoms with E-state index < -0.39 is 6.10 Å². The van der Waals surface area contributed by atoms with Gasteiger partial charge >= 0.3 is 0 Å². The molecule has 0 aliphatic rings. The standard InChI is InChI=1S/C16H18ClN3O/c1-9(2)14-13(16(17)20(3)19-14)15(21)11-4-5-12-10(8-11)6-7-18-12/h4-9,15,18,21H,1-3H3. The van der Waals surface area contributed by atoms with Crippen molar-refractivity contribution in [2.75, 3.05) is 0 Å². The van der Waals surface area contributed by atoms with Crippen LogP contribution in [-0.4, -0.2) is 19.9 Å². The fourth-order valence-electron chi connectivity index (χ4n) is 2.63. The first-order chi connectivity index (χ1) is 9.99. The molecule has 0 spiro atoms. The Labute approximate surface area is 128 Å². The molecule has 0 fully saturated rings. The van der Waals surface area contributed by atoms with Crippen LogP contribution in [0.3, 0.4) is 0 Å². The zero-order valence-electron chi connectivity index (χ0n) is 12.3. The molecule has 0 bridgehead atoms. The molecule has 2 N–H and O–H groups in total.